The van der Waals surface area contributed by atoms with E-state index in [-0.39, 0.29) is 5.34 Å². The summed E-state index contributed by atoms with van der Waals surface area (Å²) in [7, 11) is 0. The summed E-state index contributed by atoms with van der Waals surface area (Å²) in [6.45, 7) is 8.15. The third-order valence-corrected chi connectivity index (χ3v) is 2.51. The van der Waals surface area contributed by atoms with E-state index in [0.717, 1.165) is 12.2 Å². The first-order valence-electron chi connectivity index (χ1n) is 5.70. The van der Waals surface area contributed by atoms with E-state index in [1.165, 1.54) is 0 Å². The standard InChI is InChI=1S/C12H19NO.CH2Cl2/c1-10(2)11(3)8-14-9-12-5-4-6-13-7-12;2-1-3/h4-7,10-11H,8-9H2,1-3H3;1H2/t11-;/m1./s1. The first kappa shape index (κ1) is 16.7. The van der Waals surface area contributed by atoms with Gasteiger partial charge in [-0.15, -0.1) is 23.2 Å². The molecule has 17 heavy (non-hydrogen) atoms. The van der Waals surface area contributed by atoms with Gasteiger partial charge in [-0.3, -0.25) is 4.98 Å². The fraction of sp³-hybridized carbons (Fsp3) is 0.615. The summed E-state index contributed by atoms with van der Waals surface area (Å²) < 4.78 is 5.60. The topological polar surface area (TPSA) is 22.1 Å². The zero-order chi connectivity index (χ0) is 13.1. The Morgan fingerprint density at radius 3 is 2.41 bits per heavy atom. The molecule has 0 spiro atoms. The van der Waals surface area contributed by atoms with Crippen LogP contribution in [-0.2, 0) is 11.3 Å². The molecule has 1 aromatic heterocycles. The number of halogens is 2. The van der Waals surface area contributed by atoms with Crippen LogP contribution in [0.1, 0.15) is 26.3 Å². The third-order valence-electron chi connectivity index (χ3n) is 2.51. The van der Waals surface area contributed by atoms with E-state index in [1.54, 1.807) is 6.20 Å². The number of nitrogens with zero attached hydrogens (tertiary/aromatic N) is 1. The summed E-state index contributed by atoms with van der Waals surface area (Å²) >= 11 is 9.53. The molecule has 0 saturated heterocycles. The fourth-order valence-corrected chi connectivity index (χ4v) is 1.04. The van der Waals surface area contributed by atoms with E-state index in [4.69, 9.17) is 27.9 Å². The van der Waals surface area contributed by atoms with Crippen LogP contribution in [0.2, 0.25) is 0 Å². The van der Waals surface area contributed by atoms with Crippen molar-refractivity contribution >= 4 is 23.2 Å². The van der Waals surface area contributed by atoms with Crippen LogP contribution < -0.4 is 0 Å². The van der Waals surface area contributed by atoms with Gasteiger partial charge in [0.15, 0.2) is 0 Å². The molecule has 2 nitrogen and oxygen atoms in total. The van der Waals surface area contributed by atoms with Crippen molar-refractivity contribution in [3.63, 3.8) is 0 Å². The molecule has 0 bridgehead atoms. The Balaban J connectivity index is 0.000000770. The third kappa shape index (κ3) is 9.40. The maximum absolute atomic E-state index is 5.60. The van der Waals surface area contributed by atoms with Crippen molar-refractivity contribution in [3.8, 4) is 0 Å². The van der Waals surface area contributed by atoms with Gasteiger partial charge in [0.05, 0.1) is 11.9 Å². The van der Waals surface area contributed by atoms with Crippen molar-refractivity contribution in [1.82, 2.24) is 4.98 Å². The van der Waals surface area contributed by atoms with Crippen LogP contribution in [0.3, 0.4) is 0 Å². The molecule has 0 aliphatic carbocycles. The first-order valence-corrected chi connectivity index (χ1v) is 6.77. The molecule has 4 heteroatoms. The lowest BCUT2D eigenvalue weighted by Gasteiger charge is -2.15. The summed E-state index contributed by atoms with van der Waals surface area (Å²) in [4.78, 5) is 4.04. The summed E-state index contributed by atoms with van der Waals surface area (Å²) in [6.07, 6.45) is 3.63. The molecule has 98 valence electrons. The van der Waals surface area contributed by atoms with Gasteiger partial charge in [-0.1, -0.05) is 26.8 Å². The van der Waals surface area contributed by atoms with Gasteiger partial charge in [0.2, 0.25) is 0 Å². The van der Waals surface area contributed by atoms with Crippen molar-refractivity contribution in [3.05, 3.63) is 30.1 Å². The number of hydrogen-bond acceptors (Lipinski definition) is 2. The molecule has 0 fully saturated rings. The highest BCUT2D eigenvalue weighted by molar-refractivity contribution is 6.40. The average Bonchev–Trinajstić information content (AvgIpc) is 2.31. The van der Waals surface area contributed by atoms with Gasteiger partial charge in [-0.25, -0.2) is 0 Å². The van der Waals surface area contributed by atoms with E-state index in [1.807, 2.05) is 18.3 Å². The lowest BCUT2D eigenvalue weighted by molar-refractivity contribution is 0.0779. The summed E-state index contributed by atoms with van der Waals surface area (Å²) in [5.41, 5.74) is 1.14. The van der Waals surface area contributed by atoms with Gasteiger partial charge < -0.3 is 4.74 Å². The van der Waals surface area contributed by atoms with Gasteiger partial charge in [-0.05, 0) is 23.5 Å². The molecule has 0 N–H and O–H groups in total. The zero-order valence-electron chi connectivity index (χ0n) is 10.7. The summed E-state index contributed by atoms with van der Waals surface area (Å²) in [6, 6.07) is 3.97. The molecule has 0 unspecified atom stereocenters. The van der Waals surface area contributed by atoms with Crippen LogP contribution >= 0.6 is 23.2 Å². The Bertz CT molecular complexity index is 267. The minimum Gasteiger partial charge on any atom is -0.376 e. The van der Waals surface area contributed by atoms with Gasteiger partial charge in [-0.2, -0.15) is 0 Å². The van der Waals surface area contributed by atoms with Crippen LogP contribution in [0.25, 0.3) is 0 Å². The van der Waals surface area contributed by atoms with Crippen LogP contribution in [0.15, 0.2) is 24.5 Å². The lowest BCUT2D eigenvalue weighted by Crippen LogP contribution is -2.11. The van der Waals surface area contributed by atoms with Crippen molar-refractivity contribution in [1.29, 1.82) is 0 Å². The molecular formula is C13H21Cl2NO. The molecule has 0 radical (unpaired) electrons. The SMILES string of the molecule is CC(C)[C@H](C)COCc1cccnc1.ClCCl. The molecule has 0 amide bonds. The molecule has 0 aromatic carbocycles. The van der Waals surface area contributed by atoms with Crippen molar-refractivity contribution in [2.24, 2.45) is 11.8 Å². The van der Waals surface area contributed by atoms with Crippen molar-refractivity contribution in [2.75, 3.05) is 11.9 Å². The van der Waals surface area contributed by atoms with Crippen molar-refractivity contribution < 1.29 is 4.74 Å². The molecule has 1 heterocycles. The minimum atomic E-state index is 0.194. The number of aromatic nitrogens is 1. The molecule has 1 rings (SSSR count). The number of pyridine rings is 1. The molecule has 1 aromatic rings. The second-order valence-corrected chi connectivity index (χ2v) is 5.01. The van der Waals surface area contributed by atoms with E-state index < -0.39 is 0 Å². The van der Waals surface area contributed by atoms with Crippen LogP contribution in [0.4, 0.5) is 0 Å². The van der Waals surface area contributed by atoms with Crippen LogP contribution in [0.5, 0.6) is 0 Å². The molecule has 0 aliphatic rings. The predicted octanol–water partition coefficient (Wildman–Crippen LogP) is 4.31. The second-order valence-electron chi connectivity index (χ2n) is 4.20. The summed E-state index contributed by atoms with van der Waals surface area (Å²) in [5, 5.41) is 0.194. The Morgan fingerprint density at radius 2 is 1.94 bits per heavy atom. The van der Waals surface area contributed by atoms with E-state index in [2.05, 4.69) is 25.8 Å². The fourth-order valence-electron chi connectivity index (χ4n) is 1.04. The number of hydrogen-bond donors (Lipinski definition) is 0. The largest absolute Gasteiger partial charge is 0.376 e. The van der Waals surface area contributed by atoms with E-state index in [9.17, 15) is 0 Å². The van der Waals surface area contributed by atoms with Gasteiger partial charge >= 0.3 is 0 Å². The minimum absolute atomic E-state index is 0.194. The second kappa shape index (κ2) is 10.8. The van der Waals surface area contributed by atoms with E-state index in [0.29, 0.717) is 18.4 Å². The smallest absolute Gasteiger partial charge is 0.0967 e. The van der Waals surface area contributed by atoms with Gasteiger partial charge in [0.25, 0.3) is 0 Å². The molecule has 0 saturated carbocycles. The highest BCUT2D eigenvalue weighted by Crippen LogP contribution is 2.10. The quantitative estimate of drug-likeness (QED) is 0.749. The van der Waals surface area contributed by atoms with Gasteiger partial charge in [0.1, 0.15) is 0 Å². The molecular weight excluding hydrogens is 257 g/mol. The average molecular weight is 278 g/mol. The first-order chi connectivity index (χ1) is 8.11. The van der Waals surface area contributed by atoms with Crippen LogP contribution in [-0.4, -0.2) is 16.9 Å². The van der Waals surface area contributed by atoms with Crippen LogP contribution in [0, 0.1) is 11.8 Å². The summed E-state index contributed by atoms with van der Waals surface area (Å²) in [5.74, 6) is 1.30. The monoisotopic (exact) mass is 277 g/mol. The maximum Gasteiger partial charge on any atom is 0.0967 e. The Labute approximate surface area is 114 Å². The normalized spacial score (nSPS) is 11.9. The highest BCUT2D eigenvalue weighted by atomic mass is 35.5. The Kier molecular flexibility index (Phi) is 10.6. The molecule has 1 atom stereocenters. The molecule has 0 aliphatic heterocycles. The zero-order valence-corrected chi connectivity index (χ0v) is 12.2. The Hall–Kier alpha value is -0.310. The highest BCUT2D eigenvalue weighted by Gasteiger charge is 2.06. The maximum atomic E-state index is 5.60. The lowest BCUT2D eigenvalue weighted by atomic mass is 9.99. The van der Waals surface area contributed by atoms with Crippen molar-refractivity contribution in [2.45, 2.75) is 27.4 Å². The predicted molar refractivity (Wildman–Crippen MR) is 74.5 cm³/mol. The number of ether oxygens (including phenoxy) is 1. The Morgan fingerprint density at radius 1 is 1.29 bits per heavy atom. The number of alkyl halides is 2. The number of rotatable bonds is 5. The van der Waals surface area contributed by atoms with Gasteiger partial charge in [0, 0.05) is 19.0 Å². The van der Waals surface area contributed by atoms with E-state index >= 15 is 0 Å².